The first kappa shape index (κ1) is 10.6. The molecular formula is C11H10ClNOS. The molecule has 0 radical (unpaired) electrons. The van der Waals surface area contributed by atoms with Gasteiger partial charge in [0.15, 0.2) is 0 Å². The average Bonchev–Trinajstić information content (AvgIpc) is 2.74. The third kappa shape index (κ3) is 3.01. The Bertz CT molecular complexity index is 416. The molecule has 0 fully saturated rings. The predicted octanol–water partition coefficient (Wildman–Crippen LogP) is 3.76. The van der Waals surface area contributed by atoms with E-state index in [2.05, 4.69) is 4.98 Å². The summed E-state index contributed by atoms with van der Waals surface area (Å²) < 4.78 is 5.23. The van der Waals surface area contributed by atoms with Gasteiger partial charge in [-0.3, -0.25) is 0 Å². The number of rotatable bonds is 4. The maximum atomic E-state index is 5.94. The molecule has 2 aromatic heterocycles. The van der Waals surface area contributed by atoms with Crippen LogP contribution >= 0.6 is 23.4 Å². The zero-order chi connectivity index (χ0) is 10.5. The molecule has 0 N–H and O–H groups in total. The van der Waals surface area contributed by atoms with Gasteiger partial charge >= 0.3 is 0 Å². The van der Waals surface area contributed by atoms with Gasteiger partial charge in [-0.15, -0.1) is 11.8 Å². The van der Waals surface area contributed by atoms with Crippen molar-refractivity contribution in [3.8, 4) is 0 Å². The van der Waals surface area contributed by atoms with Gasteiger partial charge in [0.2, 0.25) is 0 Å². The van der Waals surface area contributed by atoms with Gasteiger partial charge in [-0.1, -0.05) is 17.7 Å². The van der Waals surface area contributed by atoms with Gasteiger partial charge < -0.3 is 4.42 Å². The quantitative estimate of drug-likeness (QED) is 0.760. The molecule has 0 unspecified atom stereocenters. The third-order valence-electron chi connectivity index (χ3n) is 1.92. The van der Waals surface area contributed by atoms with Crippen LogP contribution < -0.4 is 0 Å². The van der Waals surface area contributed by atoms with Crippen LogP contribution in [0.25, 0.3) is 0 Å². The smallest absolute Gasteiger partial charge is 0.133 e. The lowest BCUT2D eigenvalue weighted by Crippen LogP contribution is -1.85. The Balaban J connectivity index is 1.86. The van der Waals surface area contributed by atoms with E-state index in [0.717, 1.165) is 22.8 Å². The molecule has 0 aromatic carbocycles. The SMILES string of the molecule is Clc1ncccc1CSCc1ccco1. The van der Waals surface area contributed by atoms with Crippen LogP contribution in [0, 0.1) is 0 Å². The van der Waals surface area contributed by atoms with E-state index < -0.39 is 0 Å². The molecular weight excluding hydrogens is 230 g/mol. The minimum atomic E-state index is 0.587. The normalized spacial score (nSPS) is 10.5. The fraction of sp³-hybridized carbons (Fsp3) is 0.182. The number of halogens is 1. The molecule has 2 nitrogen and oxygen atoms in total. The fourth-order valence-corrected chi connectivity index (χ4v) is 2.37. The Hall–Kier alpha value is -0.930. The van der Waals surface area contributed by atoms with E-state index in [0.29, 0.717) is 5.15 Å². The minimum absolute atomic E-state index is 0.587. The Morgan fingerprint density at radius 1 is 1.27 bits per heavy atom. The largest absolute Gasteiger partial charge is 0.468 e. The monoisotopic (exact) mass is 239 g/mol. The van der Waals surface area contributed by atoms with Crippen molar-refractivity contribution in [2.45, 2.75) is 11.5 Å². The number of furan rings is 1. The first-order valence-corrected chi connectivity index (χ1v) is 6.09. The van der Waals surface area contributed by atoms with E-state index >= 15 is 0 Å². The fourth-order valence-electron chi connectivity index (χ4n) is 1.18. The van der Waals surface area contributed by atoms with Crippen LogP contribution in [0.5, 0.6) is 0 Å². The van der Waals surface area contributed by atoms with Crippen molar-refractivity contribution in [2.75, 3.05) is 0 Å². The van der Waals surface area contributed by atoms with Gasteiger partial charge in [0.1, 0.15) is 10.9 Å². The lowest BCUT2D eigenvalue weighted by molar-refractivity contribution is 0.530. The molecule has 0 bridgehead atoms. The first-order chi connectivity index (χ1) is 7.36. The highest BCUT2D eigenvalue weighted by Crippen LogP contribution is 2.21. The van der Waals surface area contributed by atoms with Crippen molar-refractivity contribution in [3.63, 3.8) is 0 Å². The third-order valence-corrected chi connectivity index (χ3v) is 3.26. The van der Waals surface area contributed by atoms with Crippen LogP contribution in [0.1, 0.15) is 11.3 Å². The molecule has 0 amide bonds. The molecule has 0 saturated carbocycles. The lowest BCUT2D eigenvalue weighted by atomic mass is 10.3. The molecule has 2 aromatic rings. The highest BCUT2D eigenvalue weighted by atomic mass is 35.5. The van der Waals surface area contributed by atoms with Crippen molar-refractivity contribution in [3.05, 3.63) is 53.2 Å². The second-order valence-corrected chi connectivity index (χ2v) is 4.37. The number of thioether (sulfide) groups is 1. The molecule has 15 heavy (non-hydrogen) atoms. The highest BCUT2D eigenvalue weighted by molar-refractivity contribution is 7.97. The summed E-state index contributed by atoms with van der Waals surface area (Å²) in [5, 5.41) is 0.587. The molecule has 0 spiro atoms. The van der Waals surface area contributed by atoms with Gasteiger partial charge in [-0.2, -0.15) is 0 Å². The lowest BCUT2D eigenvalue weighted by Gasteiger charge is -2.01. The van der Waals surface area contributed by atoms with Crippen LogP contribution in [0.15, 0.2) is 41.1 Å². The van der Waals surface area contributed by atoms with Crippen molar-refractivity contribution >= 4 is 23.4 Å². The molecule has 0 saturated heterocycles. The van der Waals surface area contributed by atoms with Crippen LogP contribution in [0.3, 0.4) is 0 Å². The first-order valence-electron chi connectivity index (χ1n) is 4.56. The van der Waals surface area contributed by atoms with Gasteiger partial charge in [0.25, 0.3) is 0 Å². The summed E-state index contributed by atoms with van der Waals surface area (Å²) in [6.45, 7) is 0. The molecule has 0 atom stereocenters. The minimum Gasteiger partial charge on any atom is -0.468 e. The predicted molar refractivity (Wildman–Crippen MR) is 63.0 cm³/mol. The van der Waals surface area contributed by atoms with Crippen LogP contribution in [0.4, 0.5) is 0 Å². The number of hydrogen-bond donors (Lipinski definition) is 0. The number of nitrogens with zero attached hydrogens (tertiary/aromatic N) is 1. The molecule has 4 heteroatoms. The maximum absolute atomic E-state index is 5.94. The topological polar surface area (TPSA) is 26.0 Å². The second-order valence-electron chi connectivity index (χ2n) is 3.03. The molecule has 0 aliphatic carbocycles. The van der Waals surface area contributed by atoms with Gasteiger partial charge in [0.05, 0.1) is 12.0 Å². The van der Waals surface area contributed by atoms with Crippen molar-refractivity contribution < 1.29 is 4.42 Å². The van der Waals surface area contributed by atoms with E-state index in [4.69, 9.17) is 16.0 Å². The molecule has 0 aliphatic heterocycles. The highest BCUT2D eigenvalue weighted by Gasteiger charge is 2.01. The second kappa shape index (κ2) is 5.24. The number of hydrogen-bond acceptors (Lipinski definition) is 3. The number of aromatic nitrogens is 1. The Labute approximate surface area is 97.7 Å². The summed E-state index contributed by atoms with van der Waals surface area (Å²) in [5.74, 6) is 2.70. The van der Waals surface area contributed by atoms with Crippen molar-refractivity contribution in [1.29, 1.82) is 0 Å². The van der Waals surface area contributed by atoms with E-state index in [9.17, 15) is 0 Å². The Morgan fingerprint density at radius 2 is 2.20 bits per heavy atom. The summed E-state index contributed by atoms with van der Waals surface area (Å²) in [5.41, 5.74) is 1.07. The van der Waals surface area contributed by atoms with Crippen LogP contribution in [0.2, 0.25) is 5.15 Å². The summed E-state index contributed by atoms with van der Waals surface area (Å²) in [7, 11) is 0. The molecule has 0 aliphatic rings. The summed E-state index contributed by atoms with van der Waals surface area (Å²) in [6, 6.07) is 7.75. The Morgan fingerprint density at radius 3 is 2.93 bits per heavy atom. The summed E-state index contributed by atoms with van der Waals surface area (Å²) in [6.07, 6.45) is 3.38. The zero-order valence-electron chi connectivity index (χ0n) is 8.02. The summed E-state index contributed by atoms with van der Waals surface area (Å²) >= 11 is 7.70. The standard InChI is InChI=1S/C11H10ClNOS/c12-11-9(3-1-5-13-11)7-15-8-10-4-2-6-14-10/h1-6H,7-8H2. The van der Waals surface area contributed by atoms with Crippen molar-refractivity contribution in [2.24, 2.45) is 0 Å². The van der Waals surface area contributed by atoms with E-state index in [1.165, 1.54) is 0 Å². The molecule has 2 heterocycles. The van der Waals surface area contributed by atoms with E-state index in [-0.39, 0.29) is 0 Å². The molecule has 78 valence electrons. The van der Waals surface area contributed by atoms with E-state index in [1.807, 2.05) is 24.3 Å². The van der Waals surface area contributed by atoms with E-state index in [1.54, 1.807) is 24.2 Å². The Kier molecular flexibility index (Phi) is 3.69. The van der Waals surface area contributed by atoms with Crippen molar-refractivity contribution in [1.82, 2.24) is 4.98 Å². The van der Waals surface area contributed by atoms with Crippen LogP contribution in [-0.2, 0) is 11.5 Å². The zero-order valence-corrected chi connectivity index (χ0v) is 9.59. The summed E-state index contributed by atoms with van der Waals surface area (Å²) in [4.78, 5) is 4.02. The van der Waals surface area contributed by atoms with Gasteiger partial charge in [0, 0.05) is 11.9 Å². The van der Waals surface area contributed by atoms with Gasteiger partial charge in [-0.25, -0.2) is 4.98 Å². The maximum Gasteiger partial charge on any atom is 0.133 e. The van der Waals surface area contributed by atoms with Crippen LogP contribution in [-0.4, -0.2) is 4.98 Å². The molecule has 2 rings (SSSR count). The average molecular weight is 240 g/mol. The van der Waals surface area contributed by atoms with Gasteiger partial charge in [-0.05, 0) is 23.8 Å². The number of pyridine rings is 1.